The lowest BCUT2D eigenvalue weighted by Gasteiger charge is -2.20. The molecule has 0 bridgehead atoms. The molecular formula is C15H20N2. The van der Waals surface area contributed by atoms with Crippen LogP contribution in [-0.4, -0.2) is 11.5 Å². The molecule has 0 spiro atoms. The summed E-state index contributed by atoms with van der Waals surface area (Å²) in [5.41, 5.74) is 11.5. The Kier molecular flexibility index (Phi) is 2.67. The fourth-order valence-electron chi connectivity index (χ4n) is 3.06. The van der Waals surface area contributed by atoms with Gasteiger partial charge in [0.15, 0.2) is 0 Å². The van der Waals surface area contributed by atoms with Gasteiger partial charge in [-0.05, 0) is 48.9 Å². The molecule has 17 heavy (non-hydrogen) atoms. The Morgan fingerprint density at radius 1 is 1.41 bits per heavy atom. The minimum Gasteiger partial charge on any atom is -0.358 e. The third-order valence-electron chi connectivity index (χ3n) is 4.08. The van der Waals surface area contributed by atoms with Gasteiger partial charge in [0.25, 0.3) is 0 Å². The van der Waals surface area contributed by atoms with Gasteiger partial charge in [0.2, 0.25) is 0 Å². The van der Waals surface area contributed by atoms with Crippen LogP contribution in [0.25, 0.3) is 10.9 Å². The van der Waals surface area contributed by atoms with Crippen LogP contribution in [0.2, 0.25) is 0 Å². The van der Waals surface area contributed by atoms with Crippen molar-refractivity contribution in [1.29, 1.82) is 0 Å². The number of hydrogen-bond donors (Lipinski definition) is 2. The second kappa shape index (κ2) is 4.19. The lowest BCUT2D eigenvalue weighted by atomic mass is 9.86. The van der Waals surface area contributed by atoms with Crippen molar-refractivity contribution < 1.29 is 0 Å². The third-order valence-corrected chi connectivity index (χ3v) is 4.08. The minimum atomic E-state index is 0.538. The van der Waals surface area contributed by atoms with E-state index >= 15 is 0 Å². The predicted octanol–water partition coefficient (Wildman–Crippen LogP) is 3.11. The second-order valence-electron chi connectivity index (χ2n) is 5.08. The van der Waals surface area contributed by atoms with Gasteiger partial charge in [0.05, 0.1) is 0 Å². The van der Waals surface area contributed by atoms with Crippen LogP contribution in [0.15, 0.2) is 18.2 Å². The van der Waals surface area contributed by atoms with Gasteiger partial charge in [-0.3, -0.25) is 0 Å². The number of fused-ring (bicyclic) bond motifs is 3. The summed E-state index contributed by atoms with van der Waals surface area (Å²) >= 11 is 0. The quantitative estimate of drug-likeness (QED) is 0.814. The van der Waals surface area contributed by atoms with E-state index in [9.17, 15) is 0 Å². The number of rotatable bonds is 2. The number of aromatic amines is 1. The van der Waals surface area contributed by atoms with Crippen molar-refractivity contribution in [1.82, 2.24) is 4.98 Å². The Labute approximate surface area is 102 Å². The van der Waals surface area contributed by atoms with Gasteiger partial charge in [-0.2, -0.15) is 0 Å². The molecule has 0 amide bonds. The first-order valence-electron chi connectivity index (χ1n) is 6.67. The van der Waals surface area contributed by atoms with Crippen LogP contribution in [0.3, 0.4) is 0 Å². The summed E-state index contributed by atoms with van der Waals surface area (Å²) in [7, 11) is 0. The van der Waals surface area contributed by atoms with E-state index in [4.69, 9.17) is 5.73 Å². The lowest BCUT2D eigenvalue weighted by molar-refractivity contribution is 0.553. The van der Waals surface area contributed by atoms with E-state index in [2.05, 4.69) is 30.1 Å². The number of aromatic nitrogens is 1. The summed E-state index contributed by atoms with van der Waals surface area (Å²) < 4.78 is 0. The van der Waals surface area contributed by atoms with E-state index in [0.717, 1.165) is 13.0 Å². The van der Waals surface area contributed by atoms with Crippen LogP contribution < -0.4 is 5.73 Å². The standard InChI is InChI=1S/C15H20N2/c1-2-10-6-7-14-13(8-10)12-5-3-4-11(9-16)15(12)17-14/h6-8,11,17H,2-5,9,16H2,1H3. The maximum Gasteiger partial charge on any atom is 0.0459 e. The van der Waals surface area contributed by atoms with E-state index < -0.39 is 0 Å². The zero-order valence-electron chi connectivity index (χ0n) is 10.4. The SMILES string of the molecule is CCc1ccc2[nH]c3c(c2c1)CCCC3CN. The Hall–Kier alpha value is -1.28. The van der Waals surface area contributed by atoms with Crippen LogP contribution in [0, 0.1) is 0 Å². The molecule has 0 saturated carbocycles. The summed E-state index contributed by atoms with van der Waals surface area (Å²) in [4.78, 5) is 3.59. The summed E-state index contributed by atoms with van der Waals surface area (Å²) in [6.07, 6.45) is 4.82. The molecule has 1 unspecified atom stereocenters. The molecule has 2 heteroatoms. The highest BCUT2D eigenvalue weighted by molar-refractivity contribution is 5.85. The molecular weight excluding hydrogens is 208 g/mol. The first-order valence-corrected chi connectivity index (χ1v) is 6.67. The van der Waals surface area contributed by atoms with E-state index in [1.165, 1.54) is 47.0 Å². The topological polar surface area (TPSA) is 41.8 Å². The Bertz CT molecular complexity index is 539. The fourth-order valence-corrected chi connectivity index (χ4v) is 3.06. The molecule has 1 heterocycles. The maximum absolute atomic E-state index is 5.88. The largest absolute Gasteiger partial charge is 0.358 e. The Morgan fingerprint density at radius 3 is 3.06 bits per heavy atom. The highest BCUT2D eigenvalue weighted by Crippen LogP contribution is 2.35. The molecule has 0 fully saturated rings. The van der Waals surface area contributed by atoms with Crippen molar-refractivity contribution in [2.45, 2.75) is 38.5 Å². The average Bonchev–Trinajstić information content (AvgIpc) is 2.76. The van der Waals surface area contributed by atoms with E-state index in [1.54, 1.807) is 0 Å². The molecule has 1 aliphatic carbocycles. The summed E-state index contributed by atoms with van der Waals surface area (Å²) in [6, 6.07) is 6.80. The first kappa shape index (κ1) is 10.8. The van der Waals surface area contributed by atoms with Crippen molar-refractivity contribution in [2.75, 3.05) is 6.54 Å². The normalized spacial score (nSPS) is 19.5. The highest BCUT2D eigenvalue weighted by Gasteiger charge is 2.22. The van der Waals surface area contributed by atoms with Gasteiger partial charge < -0.3 is 10.7 Å². The maximum atomic E-state index is 5.88. The molecule has 2 nitrogen and oxygen atoms in total. The molecule has 90 valence electrons. The van der Waals surface area contributed by atoms with Crippen molar-refractivity contribution >= 4 is 10.9 Å². The number of H-pyrrole nitrogens is 1. The monoisotopic (exact) mass is 228 g/mol. The van der Waals surface area contributed by atoms with E-state index in [1.807, 2.05) is 0 Å². The summed E-state index contributed by atoms with van der Waals surface area (Å²) in [5, 5.41) is 1.43. The first-order chi connectivity index (χ1) is 8.33. The van der Waals surface area contributed by atoms with Gasteiger partial charge in [-0.1, -0.05) is 13.0 Å². The molecule has 3 rings (SSSR count). The van der Waals surface area contributed by atoms with Gasteiger partial charge in [-0.25, -0.2) is 0 Å². The molecule has 3 N–H and O–H groups in total. The van der Waals surface area contributed by atoms with Gasteiger partial charge >= 0.3 is 0 Å². The zero-order valence-corrected chi connectivity index (χ0v) is 10.4. The minimum absolute atomic E-state index is 0.538. The van der Waals surface area contributed by atoms with Crippen LogP contribution in [0.5, 0.6) is 0 Å². The van der Waals surface area contributed by atoms with E-state index in [0.29, 0.717) is 5.92 Å². The summed E-state index contributed by atoms with van der Waals surface area (Å²) in [5.74, 6) is 0.538. The molecule has 2 aromatic rings. The number of benzene rings is 1. The van der Waals surface area contributed by atoms with Gasteiger partial charge in [-0.15, -0.1) is 0 Å². The molecule has 0 saturated heterocycles. The number of nitrogens with one attached hydrogen (secondary N) is 1. The number of aryl methyl sites for hydroxylation is 2. The fraction of sp³-hybridized carbons (Fsp3) is 0.467. The van der Waals surface area contributed by atoms with Gasteiger partial charge in [0, 0.05) is 29.1 Å². The summed E-state index contributed by atoms with van der Waals surface area (Å²) in [6.45, 7) is 2.98. The molecule has 1 aromatic carbocycles. The molecule has 0 aliphatic heterocycles. The Balaban J connectivity index is 2.20. The zero-order chi connectivity index (χ0) is 11.8. The van der Waals surface area contributed by atoms with Crippen LogP contribution in [0.1, 0.15) is 42.5 Å². The van der Waals surface area contributed by atoms with Crippen molar-refractivity contribution in [3.63, 3.8) is 0 Å². The Morgan fingerprint density at radius 2 is 2.29 bits per heavy atom. The van der Waals surface area contributed by atoms with Crippen molar-refractivity contribution in [3.05, 3.63) is 35.0 Å². The number of nitrogens with two attached hydrogens (primary N) is 1. The van der Waals surface area contributed by atoms with Gasteiger partial charge in [0.1, 0.15) is 0 Å². The van der Waals surface area contributed by atoms with Crippen LogP contribution in [-0.2, 0) is 12.8 Å². The third kappa shape index (κ3) is 1.67. The molecule has 1 aromatic heterocycles. The van der Waals surface area contributed by atoms with E-state index in [-0.39, 0.29) is 0 Å². The van der Waals surface area contributed by atoms with Crippen LogP contribution >= 0.6 is 0 Å². The highest BCUT2D eigenvalue weighted by atomic mass is 14.8. The average molecular weight is 228 g/mol. The molecule has 0 radical (unpaired) electrons. The van der Waals surface area contributed by atoms with Crippen LogP contribution in [0.4, 0.5) is 0 Å². The smallest absolute Gasteiger partial charge is 0.0459 e. The lowest BCUT2D eigenvalue weighted by Crippen LogP contribution is -2.17. The number of hydrogen-bond acceptors (Lipinski definition) is 1. The van der Waals surface area contributed by atoms with Crippen molar-refractivity contribution in [3.8, 4) is 0 Å². The molecule has 1 atom stereocenters. The second-order valence-corrected chi connectivity index (χ2v) is 5.08. The predicted molar refractivity (Wildman–Crippen MR) is 72.4 cm³/mol. The van der Waals surface area contributed by atoms with Crippen molar-refractivity contribution in [2.24, 2.45) is 5.73 Å². The molecule has 1 aliphatic rings.